The first-order valence-electron chi connectivity index (χ1n) is 7.34. The summed E-state index contributed by atoms with van der Waals surface area (Å²) in [7, 11) is 8.58. The van der Waals surface area contributed by atoms with Gasteiger partial charge in [0, 0.05) is 39.4 Å². The number of anilines is 3. The van der Waals surface area contributed by atoms with Gasteiger partial charge in [0.25, 0.3) is 0 Å². The van der Waals surface area contributed by atoms with Crippen molar-refractivity contribution < 1.29 is 0 Å². The molecule has 1 heterocycles. The van der Waals surface area contributed by atoms with Crippen molar-refractivity contribution in [2.45, 2.75) is 13.1 Å². The van der Waals surface area contributed by atoms with Gasteiger partial charge < -0.3 is 14.7 Å². The third-order valence-corrected chi connectivity index (χ3v) is 4.42. The lowest BCUT2D eigenvalue weighted by atomic mass is 10.0. The van der Waals surface area contributed by atoms with E-state index in [9.17, 15) is 0 Å². The van der Waals surface area contributed by atoms with Crippen LogP contribution < -0.4 is 14.7 Å². The summed E-state index contributed by atoms with van der Waals surface area (Å²) >= 11 is 0. The molecule has 3 heteroatoms. The van der Waals surface area contributed by atoms with E-state index in [0.29, 0.717) is 0 Å². The van der Waals surface area contributed by atoms with Gasteiger partial charge in [-0.05, 0) is 30.7 Å². The summed E-state index contributed by atoms with van der Waals surface area (Å²) < 4.78 is 0. The molecule has 21 heavy (non-hydrogen) atoms. The van der Waals surface area contributed by atoms with E-state index in [0.717, 1.165) is 0 Å². The highest BCUT2D eigenvalue weighted by atomic mass is 15.4. The zero-order valence-corrected chi connectivity index (χ0v) is 13.5. The molecule has 2 aromatic carbocycles. The molecule has 0 saturated heterocycles. The summed E-state index contributed by atoms with van der Waals surface area (Å²) in [5.74, 6) is 0. The lowest BCUT2D eigenvalue weighted by molar-refractivity contribution is 0.688. The molecule has 0 saturated carbocycles. The molecule has 2 aromatic rings. The highest BCUT2D eigenvalue weighted by Gasteiger charge is 2.34. The van der Waals surface area contributed by atoms with Crippen LogP contribution in [0.3, 0.4) is 0 Å². The molecule has 0 bridgehead atoms. The van der Waals surface area contributed by atoms with E-state index < -0.39 is 0 Å². The van der Waals surface area contributed by atoms with Gasteiger partial charge in [-0.1, -0.05) is 24.3 Å². The molecule has 1 aliphatic rings. The van der Waals surface area contributed by atoms with Crippen molar-refractivity contribution in [2.75, 3.05) is 42.9 Å². The maximum atomic E-state index is 2.37. The van der Waals surface area contributed by atoms with Gasteiger partial charge in [-0.2, -0.15) is 0 Å². The third kappa shape index (κ3) is 2.04. The van der Waals surface area contributed by atoms with Crippen LogP contribution in [0, 0.1) is 6.92 Å². The third-order valence-electron chi connectivity index (χ3n) is 4.42. The smallest absolute Gasteiger partial charge is 0.130 e. The SMILES string of the molecule is Cc1cccc(N(C)C)c1C1N(C)c2ccccc2N1C. The van der Waals surface area contributed by atoms with Gasteiger partial charge in [0.15, 0.2) is 0 Å². The number of aryl methyl sites for hydroxylation is 1. The molecule has 0 amide bonds. The minimum atomic E-state index is 0.237. The summed E-state index contributed by atoms with van der Waals surface area (Å²) in [4.78, 5) is 6.93. The molecule has 0 spiro atoms. The van der Waals surface area contributed by atoms with Gasteiger partial charge in [-0.3, -0.25) is 0 Å². The van der Waals surface area contributed by atoms with Crippen LogP contribution >= 0.6 is 0 Å². The summed E-state index contributed by atoms with van der Waals surface area (Å²) in [6.07, 6.45) is 0.237. The fourth-order valence-corrected chi connectivity index (χ4v) is 3.36. The van der Waals surface area contributed by atoms with Gasteiger partial charge in [-0.15, -0.1) is 0 Å². The largest absolute Gasteiger partial charge is 0.377 e. The number of rotatable bonds is 2. The van der Waals surface area contributed by atoms with Crippen molar-refractivity contribution in [3.05, 3.63) is 53.6 Å². The van der Waals surface area contributed by atoms with Crippen LogP contribution in [-0.2, 0) is 0 Å². The van der Waals surface area contributed by atoms with Crippen molar-refractivity contribution in [3.63, 3.8) is 0 Å². The lowest BCUT2D eigenvalue weighted by Gasteiger charge is -2.32. The molecule has 0 fully saturated rings. The summed E-state index contributed by atoms with van der Waals surface area (Å²) in [6.45, 7) is 2.20. The fraction of sp³-hybridized carbons (Fsp3) is 0.333. The normalized spacial score (nSPS) is 14.5. The van der Waals surface area contributed by atoms with E-state index in [4.69, 9.17) is 0 Å². The number of hydrogen-bond acceptors (Lipinski definition) is 3. The van der Waals surface area contributed by atoms with Crippen LogP contribution in [0.25, 0.3) is 0 Å². The van der Waals surface area contributed by atoms with E-state index in [2.05, 4.69) is 92.3 Å². The number of benzene rings is 2. The Kier molecular flexibility index (Phi) is 3.28. The molecule has 0 radical (unpaired) electrons. The van der Waals surface area contributed by atoms with E-state index in [1.54, 1.807) is 0 Å². The molecule has 0 atom stereocenters. The molecule has 0 unspecified atom stereocenters. The van der Waals surface area contributed by atoms with Gasteiger partial charge in [0.1, 0.15) is 6.17 Å². The Bertz CT molecular complexity index is 634. The molecule has 0 aliphatic carbocycles. The summed E-state index contributed by atoms with van der Waals surface area (Å²) in [6, 6.07) is 15.1. The number of para-hydroxylation sites is 2. The van der Waals surface area contributed by atoms with E-state index >= 15 is 0 Å². The van der Waals surface area contributed by atoms with E-state index in [-0.39, 0.29) is 6.17 Å². The summed E-state index contributed by atoms with van der Waals surface area (Å²) in [5.41, 5.74) is 6.57. The lowest BCUT2D eigenvalue weighted by Crippen LogP contribution is -2.32. The molecular formula is C18H23N3. The Morgan fingerprint density at radius 2 is 1.43 bits per heavy atom. The van der Waals surface area contributed by atoms with Gasteiger partial charge >= 0.3 is 0 Å². The molecule has 110 valence electrons. The van der Waals surface area contributed by atoms with Crippen LogP contribution in [0.4, 0.5) is 17.1 Å². The maximum absolute atomic E-state index is 2.37. The van der Waals surface area contributed by atoms with Crippen molar-refractivity contribution in [3.8, 4) is 0 Å². The van der Waals surface area contributed by atoms with Gasteiger partial charge in [0.05, 0.1) is 11.4 Å². The number of nitrogens with zero attached hydrogens (tertiary/aromatic N) is 3. The monoisotopic (exact) mass is 281 g/mol. The van der Waals surface area contributed by atoms with Crippen molar-refractivity contribution >= 4 is 17.1 Å². The Balaban J connectivity index is 2.15. The van der Waals surface area contributed by atoms with Crippen molar-refractivity contribution in [2.24, 2.45) is 0 Å². The average Bonchev–Trinajstić information content (AvgIpc) is 2.72. The zero-order valence-electron chi connectivity index (χ0n) is 13.5. The Morgan fingerprint density at radius 3 is 1.95 bits per heavy atom. The molecule has 3 rings (SSSR count). The second-order valence-electron chi connectivity index (χ2n) is 5.99. The first kappa shape index (κ1) is 13.8. The second-order valence-corrected chi connectivity index (χ2v) is 5.99. The standard InChI is InChI=1S/C18H23N3/c1-13-9-8-12-16(19(2)3)17(13)18-20(4)14-10-6-7-11-15(14)21(18)5/h6-12,18H,1-5H3. The Morgan fingerprint density at radius 1 is 0.857 bits per heavy atom. The highest BCUT2D eigenvalue weighted by molar-refractivity contribution is 5.79. The van der Waals surface area contributed by atoms with Crippen LogP contribution in [-0.4, -0.2) is 28.2 Å². The molecule has 0 aromatic heterocycles. The van der Waals surface area contributed by atoms with E-state index in [1.165, 1.54) is 28.2 Å². The van der Waals surface area contributed by atoms with Crippen LogP contribution in [0.5, 0.6) is 0 Å². The van der Waals surface area contributed by atoms with Crippen LogP contribution in [0.15, 0.2) is 42.5 Å². The zero-order chi connectivity index (χ0) is 15.1. The van der Waals surface area contributed by atoms with Gasteiger partial charge in [-0.25, -0.2) is 0 Å². The fourth-order valence-electron chi connectivity index (χ4n) is 3.36. The van der Waals surface area contributed by atoms with Crippen molar-refractivity contribution in [1.82, 2.24) is 0 Å². The Labute approximate surface area is 127 Å². The number of hydrogen-bond donors (Lipinski definition) is 0. The van der Waals surface area contributed by atoms with E-state index in [1.807, 2.05) is 0 Å². The minimum Gasteiger partial charge on any atom is -0.377 e. The first-order chi connectivity index (χ1) is 10.0. The molecule has 0 N–H and O–H groups in total. The second kappa shape index (κ2) is 4.99. The predicted octanol–water partition coefficient (Wildman–Crippen LogP) is 3.65. The predicted molar refractivity (Wildman–Crippen MR) is 91.5 cm³/mol. The average molecular weight is 281 g/mol. The number of fused-ring (bicyclic) bond motifs is 1. The van der Waals surface area contributed by atoms with Crippen LogP contribution in [0.2, 0.25) is 0 Å². The summed E-state index contributed by atoms with van der Waals surface area (Å²) in [5, 5.41) is 0. The Hall–Kier alpha value is -2.16. The maximum Gasteiger partial charge on any atom is 0.130 e. The molecule has 3 nitrogen and oxygen atoms in total. The topological polar surface area (TPSA) is 9.72 Å². The molecule has 1 aliphatic heterocycles. The van der Waals surface area contributed by atoms with Crippen molar-refractivity contribution in [1.29, 1.82) is 0 Å². The first-order valence-corrected chi connectivity index (χ1v) is 7.34. The highest BCUT2D eigenvalue weighted by Crippen LogP contribution is 2.46. The van der Waals surface area contributed by atoms with Crippen LogP contribution in [0.1, 0.15) is 17.3 Å². The molecular weight excluding hydrogens is 258 g/mol. The minimum absolute atomic E-state index is 0.237. The quantitative estimate of drug-likeness (QED) is 0.832. The van der Waals surface area contributed by atoms with Gasteiger partial charge in [0.2, 0.25) is 0 Å².